The lowest BCUT2D eigenvalue weighted by Gasteiger charge is -2.12. The Morgan fingerprint density at radius 2 is 1.75 bits per heavy atom. The first-order chi connectivity index (χ1) is 17.5. The van der Waals surface area contributed by atoms with Gasteiger partial charge in [0.05, 0.1) is 30.3 Å². The number of carbonyl (C=O) groups is 1. The minimum absolute atomic E-state index is 0.153. The average Bonchev–Trinajstić information content (AvgIpc) is 3.24. The zero-order chi connectivity index (χ0) is 25.5. The number of para-hydroxylation sites is 3. The predicted octanol–water partition coefficient (Wildman–Crippen LogP) is 6.15. The van der Waals surface area contributed by atoms with Gasteiger partial charge in [0.25, 0.3) is 5.91 Å². The van der Waals surface area contributed by atoms with E-state index < -0.39 is 0 Å². The molecule has 0 unspecified atom stereocenters. The molecule has 36 heavy (non-hydrogen) atoms. The quantitative estimate of drug-likeness (QED) is 0.248. The largest absolute Gasteiger partial charge is 0.496 e. The Morgan fingerprint density at radius 3 is 2.53 bits per heavy atom. The molecule has 188 valence electrons. The zero-order valence-corrected chi connectivity index (χ0v) is 21.8. The second kappa shape index (κ2) is 12.0. The maximum Gasteiger partial charge on any atom is 0.255 e. The van der Waals surface area contributed by atoms with Crippen LogP contribution in [0.3, 0.4) is 0 Å². The van der Waals surface area contributed by atoms with Gasteiger partial charge in [-0.2, -0.15) is 0 Å². The van der Waals surface area contributed by atoms with E-state index in [-0.39, 0.29) is 5.91 Å². The number of aryl methyl sites for hydroxylation is 3. The number of unbranched alkanes of at least 4 members (excludes halogenated alkanes) is 1. The van der Waals surface area contributed by atoms with Crippen molar-refractivity contribution in [2.24, 2.45) is 0 Å². The molecule has 0 saturated heterocycles. The predicted molar refractivity (Wildman–Crippen MR) is 144 cm³/mol. The Bertz CT molecular complexity index is 1330. The molecule has 0 saturated carbocycles. The van der Waals surface area contributed by atoms with Gasteiger partial charge in [-0.25, -0.2) is 4.98 Å². The van der Waals surface area contributed by atoms with E-state index in [2.05, 4.69) is 16.0 Å². The molecule has 0 aliphatic rings. The number of benzene rings is 3. The third-order valence-corrected chi connectivity index (χ3v) is 6.77. The molecule has 1 heterocycles. The summed E-state index contributed by atoms with van der Waals surface area (Å²) in [5.74, 6) is 2.23. The number of aromatic nitrogens is 2. The summed E-state index contributed by atoms with van der Waals surface area (Å²) < 4.78 is 13.5. The minimum Gasteiger partial charge on any atom is -0.496 e. The zero-order valence-electron chi connectivity index (χ0n) is 21.0. The summed E-state index contributed by atoms with van der Waals surface area (Å²) >= 11 is 6.26. The van der Waals surface area contributed by atoms with Crippen LogP contribution in [0.15, 0.2) is 60.7 Å². The van der Waals surface area contributed by atoms with Crippen molar-refractivity contribution in [2.45, 2.75) is 39.7 Å². The summed E-state index contributed by atoms with van der Waals surface area (Å²) in [7, 11) is 1.57. The molecule has 0 bridgehead atoms. The van der Waals surface area contributed by atoms with E-state index in [9.17, 15) is 4.79 Å². The fraction of sp³-hybridized carbons (Fsp3) is 0.310. The van der Waals surface area contributed by atoms with E-state index in [1.165, 1.54) is 0 Å². The molecule has 1 aromatic heterocycles. The van der Waals surface area contributed by atoms with Crippen LogP contribution in [-0.2, 0) is 13.0 Å². The average molecular weight is 506 g/mol. The van der Waals surface area contributed by atoms with Crippen LogP contribution in [0, 0.1) is 13.8 Å². The highest BCUT2D eigenvalue weighted by Crippen LogP contribution is 2.26. The highest BCUT2D eigenvalue weighted by molar-refractivity contribution is 6.32. The van der Waals surface area contributed by atoms with Crippen LogP contribution in [-0.4, -0.2) is 35.7 Å². The van der Waals surface area contributed by atoms with E-state index in [4.69, 9.17) is 26.1 Å². The highest BCUT2D eigenvalue weighted by Gasteiger charge is 2.13. The molecule has 6 nitrogen and oxygen atoms in total. The molecule has 7 heteroatoms. The lowest BCUT2D eigenvalue weighted by atomic mass is 10.1. The first-order valence-electron chi connectivity index (χ1n) is 12.2. The summed E-state index contributed by atoms with van der Waals surface area (Å²) in [6.07, 6.45) is 2.50. The first-order valence-corrected chi connectivity index (χ1v) is 12.6. The molecule has 1 N–H and O–H groups in total. The molecule has 0 aliphatic heterocycles. The summed E-state index contributed by atoms with van der Waals surface area (Å²) in [4.78, 5) is 17.5. The van der Waals surface area contributed by atoms with Crippen molar-refractivity contribution in [1.82, 2.24) is 14.9 Å². The van der Waals surface area contributed by atoms with Gasteiger partial charge in [0.1, 0.15) is 17.3 Å². The number of hydrogen-bond acceptors (Lipinski definition) is 4. The van der Waals surface area contributed by atoms with Gasteiger partial charge in [0.2, 0.25) is 0 Å². The molecule has 0 fully saturated rings. The normalized spacial score (nSPS) is 11.0. The summed E-state index contributed by atoms with van der Waals surface area (Å²) in [6, 6.07) is 19.3. The third kappa shape index (κ3) is 6.00. The van der Waals surface area contributed by atoms with Gasteiger partial charge in [-0.05, 0) is 74.2 Å². The fourth-order valence-electron chi connectivity index (χ4n) is 4.33. The van der Waals surface area contributed by atoms with Crippen LogP contribution < -0.4 is 14.8 Å². The Hall–Kier alpha value is -3.51. The minimum atomic E-state index is -0.153. The van der Waals surface area contributed by atoms with Gasteiger partial charge in [-0.15, -0.1) is 0 Å². The van der Waals surface area contributed by atoms with E-state index in [1.54, 1.807) is 19.2 Å². The topological polar surface area (TPSA) is 65.4 Å². The Labute approximate surface area is 217 Å². The number of nitrogens with zero attached hydrogens (tertiary/aromatic N) is 2. The van der Waals surface area contributed by atoms with Crippen LogP contribution in [0.2, 0.25) is 5.02 Å². The second-order valence-electron chi connectivity index (χ2n) is 8.80. The fourth-order valence-corrected chi connectivity index (χ4v) is 4.44. The van der Waals surface area contributed by atoms with Crippen LogP contribution >= 0.6 is 11.6 Å². The maximum atomic E-state index is 12.7. The number of methoxy groups -OCH3 is 1. The van der Waals surface area contributed by atoms with E-state index >= 15 is 0 Å². The summed E-state index contributed by atoms with van der Waals surface area (Å²) in [5, 5.41) is 3.79. The Morgan fingerprint density at radius 1 is 1.03 bits per heavy atom. The van der Waals surface area contributed by atoms with Gasteiger partial charge in [-0.3, -0.25) is 4.79 Å². The Balaban J connectivity index is 1.34. The van der Waals surface area contributed by atoms with Crippen molar-refractivity contribution in [3.63, 3.8) is 0 Å². The number of nitrogens with one attached hydrogen (secondary N) is 1. The van der Waals surface area contributed by atoms with Crippen molar-refractivity contribution in [3.8, 4) is 11.5 Å². The van der Waals surface area contributed by atoms with Gasteiger partial charge in [0.15, 0.2) is 0 Å². The molecular weight excluding hydrogens is 474 g/mol. The number of fused-ring (bicyclic) bond motifs is 1. The van der Waals surface area contributed by atoms with Crippen molar-refractivity contribution in [3.05, 3.63) is 88.2 Å². The highest BCUT2D eigenvalue weighted by atomic mass is 35.5. The number of ether oxygens (including phenoxy) is 2. The standard InChI is InChI=1S/C29H32ClN3O3/c1-20-18-22(19-21(2)28(20)30)36-17-9-8-16-33-25-12-6-5-11-24(25)32-27(33)14-15-31-29(34)23-10-4-7-13-26(23)35-3/h4-7,10-13,18-19H,8-9,14-17H2,1-3H3,(H,31,34). The molecule has 0 atom stereocenters. The number of rotatable bonds is 11. The number of hydrogen-bond donors (Lipinski definition) is 1. The van der Waals surface area contributed by atoms with Crippen molar-refractivity contribution >= 4 is 28.5 Å². The summed E-state index contributed by atoms with van der Waals surface area (Å²) in [6.45, 7) is 5.94. The van der Waals surface area contributed by atoms with Gasteiger partial charge in [-0.1, -0.05) is 35.9 Å². The smallest absolute Gasteiger partial charge is 0.255 e. The molecule has 0 spiro atoms. The third-order valence-electron chi connectivity index (χ3n) is 6.17. The van der Waals surface area contributed by atoms with E-state index in [0.29, 0.717) is 30.9 Å². The molecule has 0 aliphatic carbocycles. The van der Waals surface area contributed by atoms with Crippen LogP contribution in [0.5, 0.6) is 11.5 Å². The molecule has 3 aromatic carbocycles. The maximum absolute atomic E-state index is 12.7. The van der Waals surface area contributed by atoms with Crippen LogP contribution in [0.25, 0.3) is 11.0 Å². The van der Waals surface area contributed by atoms with Gasteiger partial charge in [0, 0.05) is 24.5 Å². The molecular formula is C29H32ClN3O3. The van der Waals surface area contributed by atoms with Crippen LogP contribution in [0.1, 0.15) is 40.2 Å². The first kappa shape index (κ1) is 25.6. The Kier molecular flexibility index (Phi) is 8.49. The molecule has 0 radical (unpaired) electrons. The molecule has 1 amide bonds. The van der Waals surface area contributed by atoms with E-state index in [0.717, 1.165) is 58.1 Å². The van der Waals surface area contributed by atoms with Crippen LogP contribution in [0.4, 0.5) is 0 Å². The molecule has 4 aromatic rings. The van der Waals surface area contributed by atoms with Gasteiger partial charge >= 0.3 is 0 Å². The summed E-state index contributed by atoms with van der Waals surface area (Å²) in [5.41, 5.74) is 4.65. The lowest BCUT2D eigenvalue weighted by molar-refractivity contribution is 0.0951. The van der Waals surface area contributed by atoms with Gasteiger partial charge < -0.3 is 19.4 Å². The van der Waals surface area contributed by atoms with Crippen molar-refractivity contribution in [1.29, 1.82) is 0 Å². The molecule has 4 rings (SSSR count). The second-order valence-corrected chi connectivity index (χ2v) is 9.18. The van der Waals surface area contributed by atoms with E-state index in [1.807, 2.05) is 56.3 Å². The SMILES string of the molecule is COc1ccccc1C(=O)NCCc1nc2ccccc2n1CCCCOc1cc(C)c(Cl)c(C)c1. The lowest BCUT2D eigenvalue weighted by Crippen LogP contribution is -2.27. The van der Waals surface area contributed by atoms with Crippen molar-refractivity contribution in [2.75, 3.05) is 20.3 Å². The monoisotopic (exact) mass is 505 g/mol. The number of halogens is 1. The number of carbonyl (C=O) groups excluding carboxylic acids is 1. The number of imidazole rings is 1. The number of amides is 1. The van der Waals surface area contributed by atoms with Crippen molar-refractivity contribution < 1.29 is 14.3 Å².